The van der Waals surface area contributed by atoms with Gasteiger partial charge in [-0.1, -0.05) is 59.3 Å². The number of pyridine rings is 1. The predicted molar refractivity (Wildman–Crippen MR) is 97.6 cm³/mol. The van der Waals surface area contributed by atoms with Crippen LogP contribution < -0.4 is 10.3 Å². The lowest BCUT2D eigenvalue weighted by Crippen LogP contribution is -2.07. The maximum Gasteiger partial charge on any atom is 0.248 e. The van der Waals surface area contributed by atoms with Crippen LogP contribution in [0.2, 0.25) is 0 Å². The highest BCUT2D eigenvalue weighted by Gasteiger charge is 2.12. The molecule has 3 rings (SSSR count). The molecule has 1 N–H and O–H groups in total. The molecule has 1 aromatic heterocycles. The topological polar surface area (TPSA) is 42.1 Å². The van der Waals surface area contributed by atoms with E-state index in [0.29, 0.717) is 18.3 Å². The van der Waals surface area contributed by atoms with Gasteiger partial charge in [0.1, 0.15) is 12.4 Å². The number of alkyl halides is 1. The highest BCUT2D eigenvalue weighted by atomic mass is 79.9. The average molecular weight is 372 g/mol. The van der Waals surface area contributed by atoms with Gasteiger partial charge in [-0.25, -0.2) is 0 Å². The molecule has 0 aliphatic rings. The van der Waals surface area contributed by atoms with E-state index >= 15 is 0 Å². The minimum absolute atomic E-state index is 0.120. The quantitative estimate of drug-likeness (QED) is 0.665. The predicted octanol–water partition coefficient (Wildman–Crippen LogP) is 4.61. The Morgan fingerprint density at radius 3 is 2.61 bits per heavy atom. The van der Waals surface area contributed by atoms with E-state index in [1.165, 1.54) is 5.56 Å². The summed E-state index contributed by atoms with van der Waals surface area (Å²) in [4.78, 5) is 14.7. The summed E-state index contributed by atoms with van der Waals surface area (Å²) in [6, 6.07) is 17.4. The highest BCUT2D eigenvalue weighted by molar-refractivity contribution is 9.09. The van der Waals surface area contributed by atoms with Crippen molar-refractivity contribution in [3.05, 3.63) is 76.1 Å². The number of halogens is 1. The van der Waals surface area contributed by atoms with E-state index in [4.69, 9.17) is 4.74 Å². The summed E-state index contributed by atoms with van der Waals surface area (Å²) in [6.45, 7) is 2.62. The lowest BCUT2D eigenvalue weighted by Gasteiger charge is -2.15. The van der Waals surface area contributed by atoms with Gasteiger partial charge in [0, 0.05) is 16.8 Å². The lowest BCUT2D eigenvalue weighted by molar-refractivity contribution is 0.309. The van der Waals surface area contributed by atoms with E-state index < -0.39 is 0 Å². The molecule has 0 saturated heterocycles. The van der Waals surface area contributed by atoms with Crippen LogP contribution in [0.5, 0.6) is 5.75 Å². The molecule has 0 unspecified atom stereocenters. The minimum Gasteiger partial charge on any atom is -0.487 e. The van der Waals surface area contributed by atoms with Crippen molar-refractivity contribution in [3.63, 3.8) is 0 Å². The van der Waals surface area contributed by atoms with Gasteiger partial charge >= 0.3 is 0 Å². The second-order valence-corrected chi connectivity index (χ2v) is 6.24. The van der Waals surface area contributed by atoms with Crippen LogP contribution in [0.25, 0.3) is 10.9 Å². The summed E-state index contributed by atoms with van der Waals surface area (Å²) in [5.74, 6) is 1.05. The Morgan fingerprint density at radius 1 is 1.09 bits per heavy atom. The Balaban J connectivity index is 2.00. The van der Waals surface area contributed by atoms with E-state index in [1.54, 1.807) is 6.07 Å². The van der Waals surface area contributed by atoms with Gasteiger partial charge in [-0.2, -0.15) is 0 Å². The van der Waals surface area contributed by atoms with E-state index in [2.05, 4.69) is 33.9 Å². The van der Waals surface area contributed by atoms with Crippen molar-refractivity contribution < 1.29 is 4.74 Å². The average Bonchev–Trinajstić information content (AvgIpc) is 2.59. The zero-order chi connectivity index (χ0) is 16.2. The smallest absolute Gasteiger partial charge is 0.248 e. The van der Waals surface area contributed by atoms with E-state index in [-0.39, 0.29) is 5.56 Å². The number of fused-ring (bicyclic) bond motifs is 1. The number of aromatic amines is 1. The molecular formula is C19H18BrNO2. The van der Waals surface area contributed by atoms with Crippen LogP contribution in [0, 0.1) is 0 Å². The molecule has 0 fully saturated rings. The zero-order valence-electron chi connectivity index (χ0n) is 12.9. The van der Waals surface area contributed by atoms with Gasteiger partial charge in [0.15, 0.2) is 0 Å². The van der Waals surface area contributed by atoms with Gasteiger partial charge in [-0.3, -0.25) is 4.79 Å². The third-order valence-corrected chi connectivity index (χ3v) is 4.86. The Labute approximate surface area is 143 Å². The zero-order valence-corrected chi connectivity index (χ0v) is 14.5. The Morgan fingerprint density at radius 2 is 1.87 bits per heavy atom. The SMILES string of the molecule is C[C@@H](CBr)c1ccc(OCc2ccccc2)c2[nH]c(=O)ccc12. The first-order chi connectivity index (χ1) is 11.2. The molecule has 0 bridgehead atoms. The van der Waals surface area contributed by atoms with E-state index in [1.807, 2.05) is 42.5 Å². The van der Waals surface area contributed by atoms with Crippen LogP contribution in [-0.4, -0.2) is 10.3 Å². The second kappa shape index (κ2) is 7.01. The maximum absolute atomic E-state index is 11.7. The summed E-state index contributed by atoms with van der Waals surface area (Å²) in [7, 11) is 0. The van der Waals surface area contributed by atoms with Gasteiger partial charge in [0.2, 0.25) is 5.56 Å². The molecule has 3 nitrogen and oxygen atoms in total. The van der Waals surface area contributed by atoms with Crippen LogP contribution in [0.15, 0.2) is 59.4 Å². The summed E-state index contributed by atoms with van der Waals surface area (Å²) >= 11 is 3.53. The molecule has 1 heterocycles. The number of hydrogen-bond acceptors (Lipinski definition) is 2. The van der Waals surface area contributed by atoms with Crippen LogP contribution in [0.3, 0.4) is 0 Å². The normalized spacial score (nSPS) is 12.3. The Hall–Kier alpha value is -2.07. The fraction of sp³-hybridized carbons (Fsp3) is 0.211. The first-order valence-electron chi connectivity index (χ1n) is 7.57. The number of aromatic nitrogens is 1. The summed E-state index contributed by atoms with van der Waals surface area (Å²) < 4.78 is 5.95. The molecule has 118 valence electrons. The van der Waals surface area contributed by atoms with Crippen molar-refractivity contribution in [2.75, 3.05) is 5.33 Å². The molecule has 23 heavy (non-hydrogen) atoms. The fourth-order valence-corrected chi connectivity index (χ4v) is 2.97. The van der Waals surface area contributed by atoms with Gasteiger partial charge in [-0.05, 0) is 29.2 Å². The third-order valence-electron chi connectivity index (χ3n) is 3.89. The summed E-state index contributed by atoms with van der Waals surface area (Å²) in [5.41, 5.74) is 2.93. The molecule has 0 aliphatic carbocycles. The standard InChI is InChI=1S/C19H18BrNO2/c1-13(11-20)15-7-9-17(19-16(15)8-10-18(22)21-19)23-12-14-5-3-2-4-6-14/h2-10,13H,11-12H2,1H3,(H,21,22)/t13-/m0/s1. The number of nitrogens with one attached hydrogen (secondary N) is 1. The molecule has 4 heteroatoms. The number of hydrogen-bond donors (Lipinski definition) is 1. The van der Waals surface area contributed by atoms with Gasteiger partial charge in [-0.15, -0.1) is 0 Å². The Bertz CT molecular complexity index is 858. The molecule has 1 atom stereocenters. The van der Waals surface area contributed by atoms with E-state index in [9.17, 15) is 4.79 Å². The van der Waals surface area contributed by atoms with Crippen molar-refractivity contribution in [3.8, 4) is 5.75 Å². The second-order valence-electron chi connectivity index (χ2n) is 5.59. The van der Waals surface area contributed by atoms with Crippen molar-refractivity contribution in [2.45, 2.75) is 19.4 Å². The molecule has 2 aromatic carbocycles. The van der Waals surface area contributed by atoms with Crippen molar-refractivity contribution >= 4 is 26.8 Å². The lowest BCUT2D eigenvalue weighted by atomic mass is 9.98. The third kappa shape index (κ3) is 3.48. The monoisotopic (exact) mass is 371 g/mol. The fourth-order valence-electron chi connectivity index (χ4n) is 2.62. The first-order valence-corrected chi connectivity index (χ1v) is 8.70. The first kappa shape index (κ1) is 15.8. The number of benzene rings is 2. The van der Waals surface area contributed by atoms with Crippen molar-refractivity contribution in [1.29, 1.82) is 0 Å². The van der Waals surface area contributed by atoms with Crippen molar-refractivity contribution in [1.82, 2.24) is 4.98 Å². The summed E-state index contributed by atoms with van der Waals surface area (Å²) in [6.07, 6.45) is 0. The molecular weight excluding hydrogens is 354 g/mol. The number of ether oxygens (including phenoxy) is 1. The van der Waals surface area contributed by atoms with Gasteiger partial charge in [0.25, 0.3) is 0 Å². The van der Waals surface area contributed by atoms with Crippen LogP contribution >= 0.6 is 15.9 Å². The number of rotatable bonds is 5. The molecule has 0 saturated carbocycles. The molecule has 0 radical (unpaired) electrons. The molecule has 0 amide bonds. The van der Waals surface area contributed by atoms with Gasteiger partial charge in [0.05, 0.1) is 5.52 Å². The number of H-pyrrole nitrogens is 1. The van der Waals surface area contributed by atoms with Gasteiger partial charge < -0.3 is 9.72 Å². The molecule has 3 aromatic rings. The maximum atomic E-state index is 11.7. The minimum atomic E-state index is -0.120. The summed E-state index contributed by atoms with van der Waals surface area (Å²) in [5, 5.41) is 1.90. The van der Waals surface area contributed by atoms with Crippen molar-refractivity contribution in [2.24, 2.45) is 0 Å². The van der Waals surface area contributed by atoms with Crippen LogP contribution in [-0.2, 0) is 6.61 Å². The molecule has 0 aliphatic heterocycles. The Kier molecular flexibility index (Phi) is 4.82. The van der Waals surface area contributed by atoms with Crippen LogP contribution in [0.1, 0.15) is 24.0 Å². The molecule has 0 spiro atoms. The highest BCUT2D eigenvalue weighted by Crippen LogP contribution is 2.31. The van der Waals surface area contributed by atoms with Crippen LogP contribution in [0.4, 0.5) is 0 Å². The van der Waals surface area contributed by atoms with E-state index in [0.717, 1.165) is 21.8 Å². The largest absolute Gasteiger partial charge is 0.487 e.